The largest absolute Gasteiger partial charge is 0.468 e. The highest BCUT2D eigenvalue weighted by Gasteiger charge is 1.93. The minimum Gasteiger partial charge on any atom is -0.468 e. The van der Waals surface area contributed by atoms with E-state index in [-0.39, 0.29) is 0 Å². The van der Waals surface area contributed by atoms with E-state index in [1.165, 1.54) is 0 Å². The molecule has 0 amide bonds. The van der Waals surface area contributed by atoms with Gasteiger partial charge in [0.1, 0.15) is 5.76 Å². The zero-order chi connectivity index (χ0) is 10.2. The summed E-state index contributed by atoms with van der Waals surface area (Å²) in [5, 5.41) is 3.21. The lowest BCUT2D eigenvalue weighted by molar-refractivity contribution is 0.157. The number of hydrogen-bond donors (Lipinski definition) is 1. The fourth-order valence-corrected chi connectivity index (χ4v) is 1.02. The van der Waals surface area contributed by atoms with E-state index in [2.05, 4.69) is 11.9 Å². The summed E-state index contributed by atoms with van der Waals surface area (Å²) in [4.78, 5) is 0. The fraction of sp³-hybridized carbons (Fsp3) is 0.455. The van der Waals surface area contributed by atoms with Crippen LogP contribution in [0.5, 0.6) is 0 Å². The maximum atomic E-state index is 5.32. The molecule has 0 aliphatic heterocycles. The summed E-state index contributed by atoms with van der Waals surface area (Å²) in [6.45, 7) is 8.63. The molecule has 1 aromatic rings. The van der Waals surface area contributed by atoms with Crippen LogP contribution in [0.3, 0.4) is 0 Å². The normalized spacial score (nSPS) is 10.4. The Hall–Kier alpha value is -1.06. The molecule has 14 heavy (non-hydrogen) atoms. The lowest BCUT2D eigenvalue weighted by atomic mass is 10.4. The van der Waals surface area contributed by atoms with Gasteiger partial charge >= 0.3 is 0 Å². The third kappa shape index (κ3) is 4.84. The van der Waals surface area contributed by atoms with Gasteiger partial charge in [0.15, 0.2) is 0 Å². The highest BCUT2D eigenvalue weighted by Crippen LogP contribution is 1.97. The Kier molecular flexibility index (Phi) is 5.04. The molecule has 0 atom stereocenters. The van der Waals surface area contributed by atoms with Crippen molar-refractivity contribution in [1.29, 1.82) is 0 Å². The van der Waals surface area contributed by atoms with Crippen molar-refractivity contribution < 1.29 is 9.15 Å². The summed E-state index contributed by atoms with van der Waals surface area (Å²) < 4.78 is 10.5. The summed E-state index contributed by atoms with van der Waals surface area (Å²) in [5.41, 5.74) is 1.05. The Balaban J connectivity index is 1.92. The third-order valence-electron chi connectivity index (χ3n) is 1.65. The average Bonchev–Trinajstić information content (AvgIpc) is 2.63. The Morgan fingerprint density at radius 3 is 3.14 bits per heavy atom. The second-order valence-electron chi connectivity index (χ2n) is 3.27. The number of furan rings is 1. The van der Waals surface area contributed by atoms with E-state index in [1.807, 2.05) is 19.1 Å². The van der Waals surface area contributed by atoms with Gasteiger partial charge in [-0.15, -0.1) is 0 Å². The van der Waals surface area contributed by atoms with Gasteiger partial charge in [-0.3, -0.25) is 0 Å². The van der Waals surface area contributed by atoms with Crippen molar-refractivity contribution in [2.24, 2.45) is 0 Å². The minimum atomic E-state index is 0.641. The van der Waals surface area contributed by atoms with E-state index in [1.54, 1.807) is 6.26 Å². The molecule has 78 valence electrons. The van der Waals surface area contributed by atoms with E-state index in [4.69, 9.17) is 9.15 Å². The highest BCUT2D eigenvalue weighted by atomic mass is 16.5. The topological polar surface area (TPSA) is 34.4 Å². The molecule has 0 saturated carbocycles. The Labute approximate surface area is 84.8 Å². The van der Waals surface area contributed by atoms with Crippen LogP contribution >= 0.6 is 0 Å². The SMILES string of the molecule is C=C(C)COCCNCc1ccco1. The van der Waals surface area contributed by atoms with Crippen molar-refractivity contribution in [3.05, 3.63) is 36.3 Å². The molecule has 0 radical (unpaired) electrons. The number of hydrogen-bond acceptors (Lipinski definition) is 3. The first-order valence-electron chi connectivity index (χ1n) is 4.74. The molecule has 0 aliphatic rings. The van der Waals surface area contributed by atoms with Crippen LogP contribution in [0.15, 0.2) is 35.0 Å². The van der Waals surface area contributed by atoms with Crippen LogP contribution < -0.4 is 5.32 Å². The maximum Gasteiger partial charge on any atom is 0.117 e. The summed E-state index contributed by atoms with van der Waals surface area (Å²) in [5.74, 6) is 0.949. The first-order valence-corrected chi connectivity index (χ1v) is 4.74. The molecule has 3 heteroatoms. The Morgan fingerprint density at radius 2 is 2.50 bits per heavy atom. The molecule has 0 aliphatic carbocycles. The molecule has 0 unspecified atom stereocenters. The van der Waals surface area contributed by atoms with E-state index in [0.717, 1.165) is 24.4 Å². The highest BCUT2D eigenvalue weighted by molar-refractivity contribution is 4.97. The molecule has 3 nitrogen and oxygen atoms in total. The van der Waals surface area contributed by atoms with Gasteiger partial charge < -0.3 is 14.5 Å². The van der Waals surface area contributed by atoms with E-state index in [9.17, 15) is 0 Å². The van der Waals surface area contributed by atoms with Gasteiger partial charge in [0.2, 0.25) is 0 Å². The zero-order valence-corrected chi connectivity index (χ0v) is 8.58. The first-order chi connectivity index (χ1) is 6.79. The summed E-state index contributed by atoms with van der Waals surface area (Å²) in [6.07, 6.45) is 1.68. The van der Waals surface area contributed by atoms with Crippen LogP contribution in [0.4, 0.5) is 0 Å². The number of rotatable bonds is 7. The first kappa shape index (κ1) is 11.0. The van der Waals surface area contributed by atoms with Crippen LogP contribution in [0.2, 0.25) is 0 Å². The Morgan fingerprint density at radius 1 is 1.64 bits per heavy atom. The summed E-state index contributed by atoms with van der Waals surface area (Å²) in [7, 11) is 0. The zero-order valence-electron chi connectivity index (χ0n) is 8.58. The van der Waals surface area contributed by atoms with Crippen molar-refractivity contribution >= 4 is 0 Å². The lowest BCUT2D eigenvalue weighted by Crippen LogP contribution is -2.19. The monoisotopic (exact) mass is 195 g/mol. The van der Waals surface area contributed by atoms with Crippen molar-refractivity contribution in [3.63, 3.8) is 0 Å². The molecule has 1 rings (SSSR count). The van der Waals surface area contributed by atoms with Crippen molar-refractivity contribution in [2.75, 3.05) is 19.8 Å². The van der Waals surface area contributed by atoms with Crippen molar-refractivity contribution in [2.45, 2.75) is 13.5 Å². The number of nitrogens with one attached hydrogen (secondary N) is 1. The van der Waals surface area contributed by atoms with Gasteiger partial charge in [0.25, 0.3) is 0 Å². The van der Waals surface area contributed by atoms with Crippen LogP contribution in [-0.4, -0.2) is 19.8 Å². The van der Waals surface area contributed by atoms with Crippen LogP contribution in [0, 0.1) is 0 Å². The second-order valence-corrected chi connectivity index (χ2v) is 3.27. The predicted octanol–water partition coefficient (Wildman–Crippen LogP) is 1.96. The molecule has 0 fully saturated rings. The summed E-state index contributed by atoms with van der Waals surface area (Å²) in [6, 6.07) is 3.83. The van der Waals surface area contributed by atoms with Gasteiger partial charge in [-0.2, -0.15) is 0 Å². The third-order valence-corrected chi connectivity index (χ3v) is 1.65. The van der Waals surface area contributed by atoms with Gasteiger partial charge in [0, 0.05) is 6.54 Å². The minimum absolute atomic E-state index is 0.641. The molecule has 0 aromatic carbocycles. The quantitative estimate of drug-likeness (QED) is 0.533. The molecular formula is C11H17NO2. The van der Waals surface area contributed by atoms with Crippen LogP contribution in [0.25, 0.3) is 0 Å². The molecule has 0 saturated heterocycles. The van der Waals surface area contributed by atoms with Gasteiger partial charge in [-0.25, -0.2) is 0 Å². The van der Waals surface area contributed by atoms with E-state index in [0.29, 0.717) is 13.2 Å². The van der Waals surface area contributed by atoms with Gasteiger partial charge in [-0.1, -0.05) is 12.2 Å². The molecular weight excluding hydrogens is 178 g/mol. The second kappa shape index (κ2) is 6.40. The standard InChI is InChI=1S/C11H17NO2/c1-10(2)9-13-7-5-12-8-11-4-3-6-14-11/h3-4,6,12H,1,5,7-9H2,2H3. The van der Waals surface area contributed by atoms with E-state index >= 15 is 0 Å². The smallest absolute Gasteiger partial charge is 0.117 e. The molecule has 1 heterocycles. The molecule has 1 aromatic heterocycles. The maximum absolute atomic E-state index is 5.32. The van der Waals surface area contributed by atoms with Crippen LogP contribution in [0.1, 0.15) is 12.7 Å². The van der Waals surface area contributed by atoms with Gasteiger partial charge in [0.05, 0.1) is 26.0 Å². The lowest BCUT2D eigenvalue weighted by Gasteiger charge is -2.04. The van der Waals surface area contributed by atoms with Crippen LogP contribution in [-0.2, 0) is 11.3 Å². The van der Waals surface area contributed by atoms with Crippen molar-refractivity contribution in [1.82, 2.24) is 5.32 Å². The predicted molar refractivity (Wildman–Crippen MR) is 56.0 cm³/mol. The average molecular weight is 195 g/mol. The molecule has 0 bridgehead atoms. The van der Waals surface area contributed by atoms with Crippen molar-refractivity contribution in [3.8, 4) is 0 Å². The molecule has 1 N–H and O–H groups in total. The van der Waals surface area contributed by atoms with Gasteiger partial charge in [-0.05, 0) is 19.1 Å². The summed E-state index contributed by atoms with van der Waals surface area (Å²) >= 11 is 0. The Bertz CT molecular complexity index is 254. The molecule has 0 spiro atoms. The number of ether oxygens (including phenoxy) is 1. The fourth-order valence-electron chi connectivity index (χ4n) is 1.02. The van der Waals surface area contributed by atoms with E-state index < -0.39 is 0 Å².